The van der Waals surface area contributed by atoms with Gasteiger partial charge in [-0.25, -0.2) is 0 Å². The fraction of sp³-hybridized carbons (Fsp3) is 0.500. The normalized spacial score (nSPS) is 17.7. The summed E-state index contributed by atoms with van der Waals surface area (Å²) in [5.74, 6) is 0.227. The van der Waals surface area contributed by atoms with Gasteiger partial charge in [0.25, 0.3) is 0 Å². The van der Waals surface area contributed by atoms with Crippen molar-refractivity contribution in [2.24, 2.45) is 0 Å². The van der Waals surface area contributed by atoms with Crippen molar-refractivity contribution in [1.29, 1.82) is 0 Å². The second kappa shape index (κ2) is 6.23. The second-order valence-electron chi connectivity index (χ2n) is 4.52. The molecule has 3 nitrogen and oxygen atoms in total. The van der Waals surface area contributed by atoms with Crippen molar-refractivity contribution >= 4 is 27.5 Å². The molecule has 4 heteroatoms. The summed E-state index contributed by atoms with van der Waals surface area (Å²) in [4.78, 5) is 16.3. The number of nitrogens with zero attached hydrogens (tertiary/aromatic N) is 2. The maximum atomic E-state index is 12.0. The van der Waals surface area contributed by atoms with Crippen LogP contribution < -0.4 is 4.90 Å². The van der Waals surface area contributed by atoms with E-state index in [-0.39, 0.29) is 10.7 Å². The third kappa shape index (κ3) is 3.05. The largest absolute Gasteiger partial charge is 0.368 e. The molecular weight excluding hydrogens is 292 g/mol. The van der Waals surface area contributed by atoms with Gasteiger partial charge in [0.15, 0.2) is 0 Å². The third-order valence-electron chi connectivity index (χ3n) is 3.34. The molecule has 98 valence electrons. The first-order chi connectivity index (χ1) is 8.72. The zero-order valence-electron chi connectivity index (χ0n) is 10.7. The number of amides is 1. The Bertz CT molecular complexity index is 388. The molecule has 0 N–H and O–H groups in total. The molecule has 1 fully saturated rings. The number of hydrogen-bond donors (Lipinski definition) is 0. The molecule has 1 saturated heterocycles. The fourth-order valence-electron chi connectivity index (χ4n) is 2.20. The van der Waals surface area contributed by atoms with Crippen molar-refractivity contribution in [3.63, 3.8) is 0 Å². The summed E-state index contributed by atoms with van der Waals surface area (Å²) < 4.78 is 0. The molecule has 1 aromatic rings. The fourth-order valence-corrected chi connectivity index (χ4v) is 2.49. The van der Waals surface area contributed by atoms with Crippen LogP contribution in [0.25, 0.3) is 0 Å². The Kier molecular flexibility index (Phi) is 4.64. The number of rotatable bonds is 3. The van der Waals surface area contributed by atoms with E-state index >= 15 is 0 Å². The average Bonchev–Trinajstić information content (AvgIpc) is 2.47. The molecule has 0 spiro atoms. The van der Waals surface area contributed by atoms with E-state index in [0.29, 0.717) is 0 Å². The molecular formula is C14H19BrN2O. The summed E-state index contributed by atoms with van der Waals surface area (Å²) in [5.41, 5.74) is 1.25. The van der Waals surface area contributed by atoms with Crippen molar-refractivity contribution in [3.8, 4) is 0 Å². The van der Waals surface area contributed by atoms with Gasteiger partial charge in [-0.1, -0.05) is 41.1 Å². The summed E-state index contributed by atoms with van der Waals surface area (Å²) in [7, 11) is 0. The highest BCUT2D eigenvalue weighted by Crippen LogP contribution is 2.17. The van der Waals surface area contributed by atoms with Gasteiger partial charge in [0.05, 0.1) is 4.83 Å². The number of halogens is 1. The highest BCUT2D eigenvalue weighted by atomic mass is 79.9. The van der Waals surface area contributed by atoms with Gasteiger partial charge in [0.1, 0.15) is 0 Å². The monoisotopic (exact) mass is 310 g/mol. The smallest absolute Gasteiger partial charge is 0.236 e. The van der Waals surface area contributed by atoms with E-state index in [0.717, 1.165) is 32.6 Å². The van der Waals surface area contributed by atoms with Gasteiger partial charge in [-0.2, -0.15) is 0 Å². The lowest BCUT2D eigenvalue weighted by Gasteiger charge is -2.36. The van der Waals surface area contributed by atoms with Crippen LogP contribution in [0.1, 0.15) is 13.3 Å². The van der Waals surface area contributed by atoms with Gasteiger partial charge in [0, 0.05) is 31.9 Å². The minimum Gasteiger partial charge on any atom is -0.368 e. The first-order valence-corrected chi connectivity index (χ1v) is 7.36. The topological polar surface area (TPSA) is 23.6 Å². The van der Waals surface area contributed by atoms with Crippen LogP contribution in [0, 0.1) is 0 Å². The molecule has 2 rings (SSSR count). The Hall–Kier alpha value is -1.03. The highest BCUT2D eigenvalue weighted by molar-refractivity contribution is 9.10. The minimum atomic E-state index is -0.0271. The second-order valence-corrected chi connectivity index (χ2v) is 5.63. The highest BCUT2D eigenvalue weighted by Gasteiger charge is 2.24. The summed E-state index contributed by atoms with van der Waals surface area (Å²) in [6.07, 6.45) is 0.845. The first-order valence-electron chi connectivity index (χ1n) is 6.45. The molecule has 0 bridgehead atoms. The standard InChI is InChI=1S/C14H19BrN2O/c1-2-13(15)14(18)17-10-8-16(9-11-17)12-6-4-3-5-7-12/h3-7,13H,2,8-11H2,1H3. The molecule has 1 amide bonds. The molecule has 0 saturated carbocycles. The van der Waals surface area contributed by atoms with Crippen LogP contribution in [0.4, 0.5) is 5.69 Å². The van der Waals surface area contributed by atoms with Crippen molar-refractivity contribution in [2.75, 3.05) is 31.1 Å². The molecule has 1 atom stereocenters. The first kappa shape index (κ1) is 13.4. The summed E-state index contributed by atoms with van der Waals surface area (Å²) in [5, 5.41) is 0. The average molecular weight is 311 g/mol. The zero-order valence-corrected chi connectivity index (χ0v) is 12.3. The molecule has 1 aromatic carbocycles. The Morgan fingerprint density at radius 1 is 1.22 bits per heavy atom. The molecule has 18 heavy (non-hydrogen) atoms. The van der Waals surface area contributed by atoms with Crippen LogP contribution >= 0.6 is 15.9 Å². The maximum Gasteiger partial charge on any atom is 0.236 e. The number of carbonyl (C=O) groups is 1. The molecule has 0 aliphatic carbocycles. The van der Waals surface area contributed by atoms with E-state index in [1.807, 2.05) is 17.9 Å². The van der Waals surface area contributed by atoms with E-state index in [4.69, 9.17) is 0 Å². The van der Waals surface area contributed by atoms with Crippen molar-refractivity contribution in [2.45, 2.75) is 18.2 Å². The van der Waals surface area contributed by atoms with Crippen LogP contribution in [-0.2, 0) is 4.79 Å². The lowest BCUT2D eigenvalue weighted by molar-refractivity contribution is -0.130. The molecule has 0 aromatic heterocycles. The van der Waals surface area contributed by atoms with Gasteiger partial charge in [0.2, 0.25) is 5.91 Å². The molecule has 1 aliphatic rings. The molecule has 1 aliphatic heterocycles. The van der Waals surface area contributed by atoms with Gasteiger partial charge in [-0.15, -0.1) is 0 Å². The molecule has 1 unspecified atom stereocenters. The third-order valence-corrected chi connectivity index (χ3v) is 4.38. The number of alkyl halides is 1. The van der Waals surface area contributed by atoms with Crippen LogP contribution in [0.15, 0.2) is 30.3 Å². The number of benzene rings is 1. The zero-order chi connectivity index (χ0) is 13.0. The van der Waals surface area contributed by atoms with Gasteiger partial charge < -0.3 is 9.80 Å². The SMILES string of the molecule is CCC(Br)C(=O)N1CCN(c2ccccc2)CC1. The quantitative estimate of drug-likeness (QED) is 0.801. The number of carbonyl (C=O) groups excluding carboxylic acids is 1. The Morgan fingerprint density at radius 3 is 2.39 bits per heavy atom. The van der Waals surface area contributed by atoms with Crippen LogP contribution in [-0.4, -0.2) is 41.8 Å². The van der Waals surface area contributed by atoms with Crippen molar-refractivity contribution in [1.82, 2.24) is 4.90 Å². The van der Waals surface area contributed by atoms with Gasteiger partial charge in [-0.05, 0) is 18.6 Å². The van der Waals surface area contributed by atoms with E-state index < -0.39 is 0 Å². The summed E-state index contributed by atoms with van der Waals surface area (Å²) in [6, 6.07) is 10.4. The van der Waals surface area contributed by atoms with E-state index in [1.165, 1.54) is 5.69 Å². The van der Waals surface area contributed by atoms with E-state index in [1.54, 1.807) is 0 Å². The minimum absolute atomic E-state index is 0.0271. The lowest BCUT2D eigenvalue weighted by atomic mass is 10.2. The number of anilines is 1. The number of para-hydroxylation sites is 1. The van der Waals surface area contributed by atoms with E-state index in [2.05, 4.69) is 45.1 Å². The lowest BCUT2D eigenvalue weighted by Crippen LogP contribution is -2.50. The van der Waals surface area contributed by atoms with Gasteiger partial charge in [-0.3, -0.25) is 4.79 Å². The van der Waals surface area contributed by atoms with Crippen LogP contribution in [0.3, 0.4) is 0 Å². The predicted molar refractivity (Wildman–Crippen MR) is 78.2 cm³/mol. The Balaban J connectivity index is 1.90. The summed E-state index contributed by atoms with van der Waals surface area (Å²) >= 11 is 3.43. The summed E-state index contributed by atoms with van der Waals surface area (Å²) in [6.45, 7) is 5.49. The maximum absolute atomic E-state index is 12.0. The Morgan fingerprint density at radius 2 is 1.83 bits per heavy atom. The number of hydrogen-bond acceptors (Lipinski definition) is 2. The van der Waals surface area contributed by atoms with Crippen LogP contribution in [0.2, 0.25) is 0 Å². The van der Waals surface area contributed by atoms with Crippen LogP contribution in [0.5, 0.6) is 0 Å². The Labute approximate surface area is 117 Å². The predicted octanol–water partition coefficient (Wildman–Crippen LogP) is 2.51. The van der Waals surface area contributed by atoms with Gasteiger partial charge >= 0.3 is 0 Å². The van der Waals surface area contributed by atoms with E-state index in [9.17, 15) is 4.79 Å². The molecule has 1 heterocycles. The molecule has 0 radical (unpaired) electrons. The number of piperazine rings is 1. The van der Waals surface area contributed by atoms with Crippen molar-refractivity contribution in [3.05, 3.63) is 30.3 Å². The van der Waals surface area contributed by atoms with Crippen molar-refractivity contribution < 1.29 is 4.79 Å².